The zero-order valence-electron chi connectivity index (χ0n) is 33.9. The molecule has 4 aromatic rings. The molecule has 8 N–H and O–H groups in total. The normalized spacial score (nSPS) is 21.7. The highest BCUT2D eigenvalue weighted by atomic mass is 19.1. The number of likely N-dealkylation sites (tertiary alicyclic amines) is 2. The number of aromatic nitrogens is 2. The lowest BCUT2D eigenvalue weighted by molar-refractivity contribution is -0.138. The van der Waals surface area contributed by atoms with Crippen LogP contribution in [0.4, 0.5) is 8.78 Å². The first-order chi connectivity index (χ1) is 27.7. The van der Waals surface area contributed by atoms with E-state index in [2.05, 4.69) is 31.2 Å². The molecule has 58 heavy (non-hydrogen) atoms. The van der Waals surface area contributed by atoms with Crippen LogP contribution in [-0.4, -0.2) is 129 Å². The Morgan fingerprint density at radius 2 is 1.09 bits per heavy atom. The Kier molecular flexibility index (Phi) is 13.2. The number of amides is 4. The van der Waals surface area contributed by atoms with Gasteiger partial charge in [0.25, 0.3) is 0 Å². The van der Waals surface area contributed by atoms with E-state index in [1.54, 1.807) is 49.9 Å². The molecule has 2 aromatic heterocycles. The van der Waals surface area contributed by atoms with Crippen molar-refractivity contribution < 1.29 is 38.2 Å². The van der Waals surface area contributed by atoms with Gasteiger partial charge in [-0.1, -0.05) is 13.8 Å². The van der Waals surface area contributed by atoms with E-state index in [9.17, 15) is 38.2 Å². The van der Waals surface area contributed by atoms with E-state index in [1.807, 2.05) is 13.8 Å². The minimum atomic E-state index is -0.817. The van der Waals surface area contributed by atoms with Crippen LogP contribution in [0.25, 0.3) is 33.2 Å². The van der Waals surface area contributed by atoms with Gasteiger partial charge in [-0.25, -0.2) is 8.78 Å². The third kappa shape index (κ3) is 8.75. The van der Waals surface area contributed by atoms with Gasteiger partial charge in [0.15, 0.2) is 0 Å². The van der Waals surface area contributed by atoms with Crippen LogP contribution < -0.4 is 21.3 Å². The molecule has 2 aromatic carbocycles. The average molecular weight is 807 g/mol. The standard InChI is InChI=1S/C42H56F2N8O6/c1-7-33(49-39(55)21(3)45-5)41(57)51-19-27(53)15-25(51)17-31-29-11-9-23(43)13-35(29)47-37(31)38-32(30-12-10-24(44)14-36(30)48-38)18-26-16-28(54)20-52(26)42(58)34(8-2)50-40(56)22(4)46-6/h9-14,21-22,25-28,33-34,45-48,53-54H,7-8,15-20H2,1-6H3,(H,49,55)(H,50,56)/t21-,22+,25+,26-,27+,28-,33-,34+. The van der Waals surface area contributed by atoms with Gasteiger partial charge in [0.1, 0.15) is 23.7 Å². The molecule has 2 aliphatic rings. The summed E-state index contributed by atoms with van der Waals surface area (Å²) < 4.78 is 29.6. The highest BCUT2D eigenvalue weighted by Gasteiger charge is 2.41. The topological polar surface area (TPSA) is 195 Å². The SMILES string of the molecule is CC[C@H](NC(=O)[C@H](C)NC)C(=O)N1C[C@H](O)C[C@@H]1Cc1c(-c2[nH]c3cc(F)ccc3c2C[C@@H]2C[C@H](O)CN2C(=O)[C@@H](CC)NC(=O)[C@@H](C)NC)[nH]c2cc(F)ccc12. The summed E-state index contributed by atoms with van der Waals surface area (Å²) >= 11 is 0. The molecule has 0 unspecified atom stereocenters. The number of nitrogens with zero attached hydrogens (tertiary/aromatic N) is 2. The van der Waals surface area contributed by atoms with Gasteiger partial charge >= 0.3 is 0 Å². The van der Waals surface area contributed by atoms with Crippen LogP contribution >= 0.6 is 0 Å². The van der Waals surface area contributed by atoms with Crippen LogP contribution in [0.2, 0.25) is 0 Å². The number of aromatic amines is 2. The van der Waals surface area contributed by atoms with Crippen molar-refractivity contribution >= 4 is 45.4 Å². The maximum Gasteiger partial charge on any atom is 0.245 e. The van der Waals surface area contributed by atoms with E-state index in [1.165, 1.54) is 24.3 Å². The predicted molar refractivity (Wildman–Crippen MR) is 217 cm³/mol. The Balaban J connectivity index is 1.40. The number of rotatable bonds is 15. The summed E-state index contributed by atoms with van der Waals surface area (Å²) in [5, 5.41) is 34.7. The fourth-order valence-electron chi connectivity index (χ4n) is 8.42. The van der Waals surface area contributed by atoms with E-state index in [0.29, 0.717) is 46.0 Å². The van der Waals surface area contributed by atoms with Crippen molar-refractivity contribution in [2.75, 3.05) is 27.2 Å². The van der Waals surface area contributed by atoms with Crippen molar-refractivity contribution in [1.29, 1.82) is 0 Å². The highest BCUT2D eigenvalue weighted by molar-refractivity contribution is 5.97. The van der Waals surface area contributed by atoms with Crippen molar-refractivity contribution in [2.45, 2.75) is 115 Å². The molecule has 16 heteroatoms. The number of nitrogens with one attached hydrogen (secondary N) is 6. The van der Waals surface area contributed by atoms with E-state index < -0.39 is 60.1 Å². The first-order valence-corrected chi connectivity index (χ1v) is 20.2. The van der Waals surface area contributed by atoms with Gasteiger partial charge in [0.05, 0.1) is 35.7 Å². The van der Waals surface area contributed by atoms with Crippen molar-refractivity contribution in [1.82, 2.24) is 41.0 Å². The van der Waals surface area contributed by atoms with E-state index in [-0.39, 0.29) is 62.4 Å². The molecule has 2 saturated heterocycles. The second-order valence-electron chi connectivity index (χ2n) is 15.8. The summed E-state index contributed by atoms with van der Waals surface area (Å²) in [7, 11) is 3.31. The first-order valence-electron chi connectivity index (χ1n) is 20.2. The molecule has 2 aliphatic heterocycles. The Bertz CT molecular complexity index is 2010. The quantitative estimate of drug-likeness (QED) is 0.0899. The van der Waals surface area contributed by atoms with Crippen LogP contribution in [0.5, 0.6) is 0 Å². The van der Waals surface area contributed by atoms with Crippen LogP contribution in [0.15, 0.2) is 36.4 Å². The largest absolute Gasteiger partial charge is 0.391 e. The third-order valence-electron chi connectivity index (χ3n) is 11.9. The lowest BCUT2D eigenvalue weighted by atomic mass is 9.94. The molecule has 14 nitrogen and oxygen atoms in total. The molecule has 0 spiro atoms. The van der Waals surface area contributed by atoms with Gasteiger partial charge in [-0.15, -0.1) is 0 Å². The minimum Gasteiger partial charge on any atom is -0.391 e. The van der Waals surface area contributed by atoms with Gasteiger partial charge in [-0.3, -0.25) is 19.2 Å². The van der Waals surface area contributed by atoms with Crippen LogP contribution in [0, 0.1) is 11.6 Å². The average Bonchev–Trinajstić information content (AvgIpc) is 3.96. The van der Waals surface area contributed by atoms with Crippen LogP contribution in [-0.2, 0) is 32.0 Å². The van der Waals surface area contributed by atoms with Crippen molar-refractivity contribution in [2.24, 2.45) is 0 Å². The summed E-state index contributed by atoms with van der Waals surface area (Å²) in [6.45, 7) is 7.15. The van der Waals surface area contributed by atoms with E-state index in [4.69, 9.17) is 0 Å². The fraction of sp³-hybridized carbons (Fsp3) is 0.524. The lowest BCUT2D eigenvalue weighted by Gasteiger charge is -2.30. The Morgan fingerprint density at radius 3 is 1.43 bits per heavy atom. The van der Waals surface area contributed by atoms with Gasteiger partial charge in [0.2, 0.25) is 23.6 Å². The number of carbonyl (C=O) groups excluding carboxylic acids is 4. The fourth-order valence-corrected chi connectivity index (χ4v) is 8.42. The Morgan fingerprint density at radius 1 is 0.707 bits per heavy atom. The van der Waals surface area contributed by atoms with Crippen molar-refractivity contribution in [3.05, 3.63) is 59.2 Å². The number of carbonyl (C=O) groups is 4. The molecular weight excluding hydrogens is 751 g/mol. The number of aliphatic hydroxyl groups excluding tert-OH is 2. The van der Waals surface area contributed by atoms with Crippen LogP contribution in [0.1, 0.15) is 64.5 Å². The number of H-pyrrole nitrogens is 2. The maximum atomic E-state index is 14.8. The molecule has 314 valence electrons. The number of hydrogen-bond acceptors (Lipinski definition) is 8. The molecule has 4 amide bonds. The molecule has 0 saturated carbocycles. The van der Waals surface area contributed by atoms with E-state index in [0.717, 1.165) is 11.1 Å². The molecular formula is C42H56F2N8O6. The maximum absolute atomic E-state index is 14.8. The number of β-amino-alcohol motifs (C(OH)–C–C–N with tert-alkyl or cyclic N) is 2. The molecule has 6 rings (SSSR count). The lowest BCUT2D eigenvalue weighted by Crippen LogP contribution is -2.53. The number of benzene rings is 2. The highest BCUT2D eigenvalue weighted by Crippen LogP contribution is 2.40. The summed E-state index contributed by atoms with van der Waals surface area (Å²) in [5.41, 5.74) is 3.58. The summed E-state index contributed by atoms with van der Waals surface area (Å²) in [4.78, 5) is 63.7. The summed E-state index contributed by atoms with van der Waals surface area (Å²) in [6.07, 6.45) is 0.0738. The first kappa shape index (κ1) is 42.7. The summed E-state index contributed by atoms with van der Waals surface area (Å²) in [5.74, 6) is -2.21. The predicted octanol–water partition coefficient (Wildman–Crippen LogP) is 2.61. The van der Waals surface area contributed by atoms with Crippen molar-refractivity contribution in [3.63, 3.8) is 0 Å². The van der Waals surface area contributed by atoms with Gasteiger partial charge < -0.3 is 51.2 Å². The minimum absolute atomic E-state index is 0.0711. The monoisotopic (exact) mass is 806 g/mol. The van der Waals surface area contributed by atoms with Crippen LogP contribution in [0.3, 0.4) is 0 Å². The zero-order valence-corrected chi connectivity index (χ0v) is 33.9. The molecule has 0 aliphatic carbocycles. The Hall–Kier alpha value is -4.90. The number of halogens is 2. The third-order valence-corrected chi connectivity index (χ3v) is 11.9. The number of aliphatic hydroxyl groups is 2. The number of fused-ring (bicyclic) bond motifs is 2. The molecule has 4 heterocycles. The summed E-state index contributed by atoms with van der Waals surface area (Å²) in [6, 6.07) is 5.13. The number of hydrogen-bond donors (Lipinski definition) is 8. The van der Waals surface area contributed by atoms with Gasteiger partial charge in [0, 0.05) is 47.0 Å². The molecule has 0 radical (unpaired) electrons. The van der Waals surface area contributed by atoms with Gasteiger partial charge in [-0.05, 0) is 114 Å². The molecule has 2 fully saturated rings. The van der Waals surface area contributed by atoms with Crippen molar-refractivity contribution in [3.8, 4) is 11.4 Å². The van der Waals surface area contributed by atoms with E-state index >= 15 is 0 Å². The zero-order chi connectivity index (χ0) is 42.0. The molecule has 0 bridgehead atoms. The van der Waals surface area contributed by atoms with Gasteiger partial charge in [-0.2, -0.15) is 0 Å². The smallest absolute Gasteiger partial charge is 0.245 e. The second-order valence-corrected chi connectivity index (χ2v) is 15.8. The Labute approximate surface area is 336 Å². The molecule has 8 atom stereocenters. The second kappa shape index (κ2) is 17.9. The number of likely N-dealkylation sites (N-methyl/N-ethyl adjacent to an activating group) is 2.